The Labute approximate surface area is 178 Å². The molecule has 0 radical (unpaired) electrons. The molecule has 1 amide bonds. The van der Waals surface area contributed by atoms with Gasteiger partial charge in [-0.3, -0.25) is 14.9 Å². The van der Waals surface area contributed by atoms with E-state index in [0.29, 0.717) is 23.2 Å². The number of hydrogen-bond acceptors (Lipinski definition) is 7. The molecule has 0 fully saturated rings. The van der Waals surface area contributed by atoms with Gasteiger partial charge in [-0.1, -0.05) is 0 Å². The van der Waals surface area contributed by atoms with Crippen LogP contribution in [0.4, 0.5) is 5.13 Å². The van der Waals surface area contributed by atoms with Gasteiger partial charge in [0.05, 0.1) is 25.8 Å². The number of allylic oxidation sites excluding steroid dienone is 1. The first kappa shape index (κ1) is 21.6. The number of ether oxygens (including phenoxy) is 2. The summed E-state index contributed by atoms with van der Waals surface area (Å²) in [4.78, 5) is 28.3. The van der Waals surface area contributed by atoms with Crippen molar-refractivity contribution in [2.75, 3.05) is 19.0 Å². The number of hydrogen-bond donors (Lipinski definition) is 1. The average Bonchev–Trinajstić information content (AvgIpc) is 3.24. The Morgan fingerprint density at radius 1 is 1.30 bits per heavy atom. The zero-order valence-electron chi connectivity index (χ0n) is 17.6. The molecule has 158 valence electrons. The van der Waals surface area contributed by atoms with Crippen molar-refractivity contribution in [2.24, 2.45) is 0 Å². The SMILES string of the molecule is CCOC(=O)Cc1csc(NC(=O)/C=C(\C)c2cc3c(C)c(C)oc3cc2OC)n1. The van der Waals surface area contributed by atoms with Crippen LogP contribution < -0.4 is 10.1 Å². The predicted molar refractivity (Wildman–Crippen MR) is 117 cm³/mol. The molecule has 2 heterocycles. The van der Waals surface area contributed by atoms with Gasteiger partial charge in [-0.2, -0.15) is 0 Å². The molecule has 1 aromatic carbocycles. The first-order chi connectivity index (χ1) is 14.3. The summed E-state index contributed by atoms with van der Waals surface area (Å²) >= 11 is 1.26. The Morgan fingerprint density at radius 2 is 2.07 bits per heavy atom. The number of carbonyl (C=O) groups is 2. The van der Waals surface area contributed by atoms with E-state index in [1.165, 1.54) is 17.4 Å². The molecular weight excluding hydrogens is 404 g/mol. The minimum Gasteiger partial charge on any atom is -0.496 e. The summed E-state index contributed by atoms with van der Waals surface area (Å²) in [6.07, 6.45) is 1.58. The van der Waals surface area contributed by atoms with Crippen molar-refractivity contribution < 1.29 is 23.5 Å². The number of carbonyl (C=O) groups excluding carboxylic acids is 2. The molecule has 0 aliphatic rings. The molecule has 1 N–H and O–H groups in total. The van der Waals surface area contributed by atoms with Crippen molar-refractivity contribution >= 4 is 44.9 Å². The fraction of sp³-hybridized carbons (Fsp3) is 0.318. The molecule has 0 bridgehead atoms. The zero-order valence-corrected chi connectivity index (χ0v) is 18.4. The van der Waals surface area contributed by atoms with E-state index in [0.717, 1.165) is 33.4 Å². The first-order valence-electron chi connectivity index (χ1n) is 9.49. The van der Waals surface area contributed by atoms with E-state index in [4.69, 9.17) is 13.9 Å². The molecular formula is C22H24N2O5S. The van der Waals surface area contributed by atoms with Crippen molar-refractivity contribution in [2.45, 2.75) is 34.1 Å². The Hall–Kier alpha value is -3.13. The third-order valence-corrected chi connectivity index (χ3v) is 5.49. The van der Waals surface area contributed by atoms with E-state index < -0.39 is 0 Å². The second kappa shape index (κ2) is 9.13. The Bertz CT molecular complexity index is 1130. The molecule has 0 unspecified atom stereocenters. The summed E-state index contributed by atoms with van der Waals surface area (Å²) in [5, 5.41) is 5.87. The van der Waals surface area contributed by atoms with Crippen LogP contribution in [0.5, 0.6) is 5.75 Å². The van der Waals surface area contributed by atoms with E-state index in [1.807, 2.05) is 32.9 Å². The van der Waals surface area contributed by atoms with Crippen molar-refractivity contribution in [1.29, 1.82) is 0 Å². The highest BCUT2D eigenvalue weighted by Crippen LogP contribution is 2.34. The number of thiazole rings is 1. The summed E-state index contributed by atoms with van der Waals surface area (Å²) in [7, 11) is 1.58. The number of nitrogens with one attached hydrogen (secondary N) is 1. The standard InChI is InChI=1S/C22H24N2O5S/c1-6-28-21(26)8-15-11-30-22(23-15)24-20(25)7-12(2)16-9-17-13(3)14(4)29-19(17)10-18(16)27-5/h7,9-11H,6,8H2,1-5H3,(H,23,24,25)/b12-7+. The molecule has 0 spiro atoms. The average molecular weight is 429 g/mol. The quantitative estimate of drug-likeness (QED) is 0.435. The molecule has 0 aliphatic heterocycles. The third kappa shape index (κ3) is 4.71. The highest BCUT2D eigenvalue weighted by molar-refractivity contribution is 7.14. The van der Waals surface area contributed by atoms with Crippen LogP contribution in [0.2, 0.25) is 0 Å². The molecule has 0 saturated carbocycles. The Morgan fingerprint density at radius 3 is 2.77 bits per heavy atom. The lowest BCUT2D eigenvalue weighted by atomic mass is 10.0. The fourth-order valence-electron chi connectivity index (χ4n) is 3.07. The van der Waals surface area contributed by atoms with Crippen LogP contribution >= 0.6 is 11.3 Å². The normalized spacial score (nSPS) is 11.6. The van der Waals surface area contributed by atoms with E-state index in [9.17, 15) is 9.59 Å². The minimum atomic E-state index is -0.344. The second-order valence-electron chi connectivity index (χ2n) is 6.77. The topological polar surface area (TPSA) is 90.7 Å². The number of amides is 1. The van der Waals surface area contributed by atoms with Crippen molar-refractivity contribution in [3.63, 3.8) is 0 Å². The van der Waals surface area contributed by atoms with Gasteiger partial charge in [-0.25, -0.2) is 4.98 Å². The van der Waals surface area contributed by atoms with Crippen LogP contribution in [0.3, 0.4) is 0 Å². The number of fused-ring (bicyclic) bond motifs is 1. The van der Waals surface area contributed by atoms with Crippen LogP contribution in [0.25, 0.3) is 16.5 Å². The zero-order chi connectivity index (χ0) is 21.8. The molecule has 3 rings (SSSR count). The second-order valence-corrected chi connectivity index (χ2v) is 7.63. The van der Waals surface area contributed by atoms with Gasteiger partial charge in [-0.15, -0.1) is 11.3 Å². The fourth-order valence-corrected chi connectivity index (χ4v) is 3.78. The number of furan rings is 1. The third-order valence-electron chi connectivity index (χ3n) is 4.68. The van der Waals surface area contributed by atoms with Crippen LogP contribution in [0, 0.1) is 13.8 Å². The van der Waals surface area contributed by atoms with Gasteiger partial charge in [-0.05, 0) is 44.9 Å². The molecule has 0 saturated heterocycles. The summed E-state index contributed by atoms with van der Waals surface area (Å²) < 4.78 is 16.2. The molecule has 30 heavy (non-hydrogen) atoms. The number of methoxy groups -OCH3 is 1. The van der Waals surface area contributed by atoms with E-state index in [-0.39, 0.29) is 18.3 Å². The summed E-state index contributed by atoms with van der Waals surface area (Å²) in [6, 6.07) is 3.81. The molecule has 3 aromatic rings. The Balaban J connectivity index is 1.78. The van der Waals surface area contributed by atoms with Crippen molar-refractivity contribution in [1.82, 2.24) is 4.98 Å². The number of aromatic nitrogens is 1. The van der Waals surface area contributed by atoms with E-state index in [1.54, 1.807) is 19.4 Å². The van der Waals surface area contributed by atoms with Gasteiger partial charge in [0.25, 0.3) is 0 Å². The lowest BCUT2D eigenvalue weighted by Gasteiger charge is -2.09. The minimum absolute atomic E-state index is 0.0791. The Kier molecular flexibility index (Phi) is 6.56. The maximum absolute atomic E-state index is 12.5. The van der Waals surface area contributed by atoms with Gasteiger partial charge < -0.3 is 13.9 Å². The molecule has 8 heteroatoms. The molecule has 2 aromatic heterocycles. The molecule has 0 aliphatic carbocycles. The maximum atomic E-state index is 12.5. The number of nitrogens with zero attached hydrogens (tertiary/aromatic N) is 1. The smallest absolute Gasteiger partial charge is 0.311 e. The lowest BCUT2D eigenvalue weighted by Crippen LogP contribution is -2.10. The van der Waals surface area contributed by atoms with E-state index >= 15 is 0 Å². The summed E-state index contributed by atoms with van der Waals surface area (Å²) in [5.41, 5.74) is 3.93. The van der Waals surface area contributed by atoms with Crippen LogP contribution in [0.1, 0.15) is 36.4 Å². The maximum Gasteiger partial charge on any atom is 0.311 e. The van der Waals surface area contributed by atoms with Gasteiger partial charge in [0.2, 0.25) is 5.91 Å². The molecule has 0 atom stereocenters. The van der Waals surface area contributed by atoms with E-state index in [2.05, 4.69) is 10.3 Å². The molecule has 7 nitrogen and oxygen atoms in total. The van der Waals surface area contributed by atoms with Crippen LogP contribution in [-0.2, 0) is 20.7 Å². The van der Waals surface area contributed by atoms with Crippen LogP contribution in [-0.4, -0.2) is 30.6 Å². The number of rotatable bonds is 7. The first-order valence-corrected chi connectivity index (χ1v) is 10.4. The van der Waals surface area contributed by atoms with Gasteiger partial charge >= 0.3 is 5.97 Å². The predicted octanol–water partition coefficient (Wildman–Crippen LogP) is 4.66. The summed E-state index contributed by atoms with van der Waals surface area (Å²) in [5.74, 6) is 0.824. The summed E-state index contributed by atoms with van der Waals surface area (Å²) in [6.45, 7) is 7.84. The van der Waals surface area contributed by atoms with Crippen molar-refractivity contribution in [3.05, 3.63) is 46.2 Å². The number of benzene rings is 1. The van der Waals surface area contributed by atoms with Gasteiger partial charge in [0.15, 0.2) is 5.13 Å². The van der Waals surface area contributed by atoms with Crippen molar-refractivity contribution in [3.8, 4) is 5.75 Å². The van der Waals surface area contributed by atoms with Gasteiger partial charge in [0.1, 0.15) is 17.1 Å². The number of esters is 1. The number of anilines is 1. The van der Waals surface area contributed by atoms with Gasteiger partial charge in [0, 0.05) is 28.5 Å². The number of aryl methyl sites for hydroxylation is 2. The monoisotopic (exact) mass is 428 g/mol. The largest absolute Gasteiger partial charge is 0.496 e. The van der Waals surface area contributed by atoms with Crippen LogP contribution in [0.15, 0.2) is 28.0 Å². The highest BCUT2D eigenvalue weighted by atomic mass is 32.1. The lowest BCUT2D eigenvalue weighted by molar-refractivity contribution is -0.142. The highest BCUT2D eigenvalue weighted by Gasteiger charge is 2.15.